The number of hydrogen-bond donors (Lipinski definition) is 1. The number of aromatic nitrogens is 2. The number of aromatic amines is 1. The predicted molar refractivity (Wildman–Crippen MR) is 62.2 cm³/mol. The van der Waals surface area contributed by atoms with Gasteiger partial charge < -0.3 is 4.74 Å². The van der Waals surface area contributed by atoms with Crippen LogP contribution in [-0.2, 0) is 16.1 Å². The van der Waals surface area contributed by atoms with E-state index in [0.29, 0.717) is 6.61 Å². The molecule has 0 spiro atoms. The number of rotatable bonds is 5. The molecule has 0 aromatic carbocycles. The summed E-state index contributed by atoms with van der Waals surface area (Å²) in [4.78, 5) is 35.6. The molecule has 0 radical (unpaired) electrons. The van der Waals surface area contributed by atoms with Gasteiger partial charge >= 0.3 is 11.7 Å². The van der Waals surface area contributed by atoms with Gasteiger partial charge in [-0.2, -0.15) is 0 Å². The first-order valence-corrected chi connectivity index (χ1v) is 5.57. The molecule has 0 aliphatic rings. The van der Waals surface area contributed by atoms with E-state index >= 15 is 0 Å². The number of H-pyrrole nitrogens is 1. The van der Waals surface area contributed by atoms with Gasteiger partial charge in [-0.05, 0) is 6.42 Å². The van der Waals surface area contributed by atoms with Gasteiger partial charge in [0.1, 0.15) is 11.6 Å². The molecule has 17 heavy (non-hydrogen) atoms. The first-order valence-electron chi connectivity index (χ1n) is 5.19. The van der Waals surface area contributed by atoms with Crippen LogP contribution >= 0.6 is 11.6 Å². The van der Waals surface area contributed by atoms with E-state index in [4.69, 9.17) is 16.3 Å². The van der Waals surface area contributed by atoms with Crippen LogP contribution in [-0.4, -0.2) is 22.1 Å². The number of carbonyl (C=O) groups excluding carboxylic acids is 1. The van der Waals surface area contributed by atoms with Crippen molar-refractivity contribution < 1.29 is 9.53 Å². The van der Waals surface area contributed by atoms with Gasteiger partial charge in [0.05, 0.1) is 6.61 Å². The van der Waals surface area contributed by atoms with Crippen molar-refractivity contribution in [2.75, 3.05) is 6.61 Å². The molecule has 0 bridgehead atoms. The molecule has 0 aliphatic carbocycles. The molecule has 0 amide bonds. The molecule has 0 saturated heterocycles. The third-order valence-corrected chi connectivity index (χ3v) is 2.30. The van der Waals surface area contributed by atoms with Crippen LogP contribution in [0.1, 0.15) is 19.8 Å². The van der Waals surface area contributed by atoms with E-state index in [1.807, 2.05) is 11.9 Å². The molecule has 7 heteroatoms. The highest BCUT2D eigenvalue weighted by atomic mass is 35.5. The van der Waals surface area contributed by atoms with Crippen molar-refractivity contribution in [1.82, 2.24) is 9.55 Å². The van der Waals surface area contributed by atoms with Crippen molar-refractivity contribution in [2.24, 2.45) is 0 Å². The highest BCUT2D eigenvalue weighted by Crippen LogP contribution is 1.96. The standard InChI is InChI=1S/C10H13ClN2O4/c1-2-3-4-17-8(14)6-13-5-7(11)9(15)12-10(13)16/h5H,2-4,6H2,1H3,(H,12,15,16). The summed E-state index contributed by atoms with van der Waals surface area (Å²) in [5.74, 6) is -0.538. The fraction of sp³-hybridized carbons (Fsp3) is 0.500. The first-order chi connectivity index (χ1) is 8.04. The number of halogens is 1. The van der Waals surface area contributed by atoms with E-state index in [0.717, 1.165) is 23.6 Å². The lowest BCUT2D eigenvalue weighted by Crippen LogP contribution is -2.32. The first kappa shape index (κ1) is 13.5. The average molecular weight is 261 g/mol. The Bertz CT molecular complexity index is 506. The smallest absolute Gasteiger partial charge is 0.328 e. The van der Waals surface area contributed by atoms with Crippen molar-refractivity contribution in [3.05, 3.63) is 32.1 Å². The molecule has 0 unspecified atom stereocenters. The molecule has 0 aliphatic heterocycles. The molecule has 1 aromatic heterocycles. The molecular formula is C10H13ClN2O4. The van der Waals surface area contributed by atoms with Crippen LogP contribution in [0.5, 0.6) is 0 Å². The van der Waals surface area contributed by atoms with Crippen LogP contribution in [0.3, 0.4) is 0 Å². The fourth-order valence-electron chi connectivity index (χ4n) is 1.12. The largest absolute Gasteiger partial charge is 0.464 e. The number of ether oxygens (including phenoxy) is 1. The number of carbonyl (C=O) groups is 1. The summed E-state index contributed by atoms with van der Waals surface area (Å²) in [6.45, 7) is 2.03. The predicted octanol–water partition coefficient (Wildman–Crippen LogP) is 0.533. The van der Waals surface area contributed by atoms with E-state index < -0.39 is 17.2 Å². The summed E-state index contributed by atoms with van der Waals surface area (Å²) in [5.41, 5.74) is -1.36. The van der Waals surface area contributed by atoms with E-state index in [1.54, 1.807) is 0 Å². The SMILES string of the molecule is CCCCOC(=O)Cn1cc(Cl)c(=O)[nH]c1=O. The Labute approximate surface area is 102 Å². The van der Waals surface area contributed by atoms with E-state index in [1.165, 1.54) is 0 Å². The molecular weight excluding hydrogens is 248 g/mol. The third-order valence-electron chi connectivity index (χ3n) is 2.03. The van der Waals surface area contributed by atoms with Crippen LogP contribution in [0.2, 0.25) is 5.02 Å². The monoisotopic (exact) mass is 260 g/mol. The van der Waals surface area contributed by atoms with Crippen molar-refractivity contribution >= 4 is 17.6 Å². The van der Waals surface area contributed by atoms with Crippen LogP contribution in [0.4, 0.5) is 0 Å². The Balaban J connectivity index is 2.69. The van der Waals surface area contributed by atoms with Gasteiger partial charge in [0, 0.05) is 6.20 Å². The Hall–Kier alpha value is -1.56. The maximum atomic E-state index is 11.3. The summed E-state index contributed by atoms with van der Waals surface area (Å²) in [6.07, 6.45) is 2.80. The number of unbranched alkanes of at least 4 members (excludes halogenated alkanes) is 1. The van der Waals surface area contributed by atoms with Gasteiger partial charge in [0.2, 0.25) is 0 Å². The molecule has 1 rings (SSSR count). The van der Waals surface area contributed by atoms with Gasteiger partial charge in [-0.3, -0.25) is 19.1 Å². The normalized spacial score (nSPS) is 10.2. The zero-order chi connectivity index (χ0) is 12.8. The minimum Gasteiger partial charge on any atom is -0.464 e. The van der Waals surface area contributed by atoms with Crippen molar-refractivity contribution in [3.63, 3.8) is 0 Å². The number of hydrogen-bond acceptors (Lipinski definition) is 4. The fourth-order valence-corrected chi connectivity index (χ4v) is 1.28. The summed E-state index contributed by atoms with van der Waals surface area (Å²) in [5, 5.41) is -0.147. The quantitative estimate of drug-likeness (QED) is 0.619. The summed E-state index contributed by atoms with van der Waals surface area (Å²) in [7, 11) is 0. The van der Waals surface area contributed by atoms with Crippen LogP contribution in [0, 0.1) is 0 Å². The maximum absolute atomic E-state index is 11.3. The van der Waals surface area contributed by atoms with Gasteiger partial charge in [-0.15, -0.1) is 0 Å². The Morgan fingerprint density at radius 1 is 1.53 bits per heavy atom. The zero-order valence-electron chi connectivity index (χ0n) is 9.36. The second kappa shape index (κ2) is 6.24. The molecule has 0 saturated carbocycles. The van der Waals surface area contributed by atoms with Crippen molar-refractivity contribution in [3.8, 4) is 0 Å². The summed E-state index contributed by atoms with van der Waals surface area (Å²) < 4.78 is 5.88. The average Bonchev–Trinajstić information content (AvgIpc) is 2.26. The highest BCUT2D eigenvalue weighted by molar-refractivity contribution is 6.30. The Morgan fingerprint density at radius 3 is 2.88 bits per heavy atom. The van der Waals surface area contributed by atoms with Gasteiger partial charge in [-0.1, -0.05) is 24.9 Å². The second-order valence-corrected chi connectivity index (χ2v) is 3.85. The molecule has 1 heterocycles. The molecule has 1 aromatic rings. The Morgan fingerprint density at radius 2 is 2.24 bits per heavy atom. The van der Waals surface area contributed by atoms with E-state index in [9.17, 15) is 14.4 Å². The highest BCUT2D eigenvalue weighted by Gasteiger charge is 2.08. The number of nitrogens with zero attached hydrogens (tertiary/aromatic N) is 1. The molecule has 1 N–H and O–H groups in total. The molecule has 0 atom stereocenters. The lowest BCUT2D eigenvalue weighted by atomic mass is 10.4. The van der Waals surface area contributed by atoms with E-state index in [2.05, 4.69) is 0 Å². The molecule has 0 fully saturated rings. The van der Waals surface area contributed by atoms with Gasteiger partial charge in [-0.25, -0.2) is 4.79 Å². The van der Waals surface area contributed by atoms with Gasteiger partial charge in [0.25, 0.3) is 5.56 Å². The lowest BCUT2D eigenvalue weighted by Gasteiger charge is -2.05. The molecule has 94 valence electrons. The molecule has 6 nitrogen and oxygen atoms in total. The maximum Gasteiger partial charge on any atom is 0.328 e. The summed E-state index contributed by atoms with van der Waals surface area (Å²) in [6, 6.07) is 0. The van der Waals surface area contributed by atoms with Crippen LogP contribution in [0.25, 0.3) is 0 Å². The van der Waals surface area contributed by atoms with Gasteiger partial charge in [0.15, 0.2) is 0 Å². The lowest BCUT2D eigenvalue weighted by molar-refractivity contribution is -0.144. The van der Waals surface area contributed by atoms with Crippen molar-refractivity contribution in [1.29, 1.82) is 0 Å². The summed E-state index contributed by atoms with van der Waals surface area (Å²) >= 11 is 5.54. The minimum absolute atomic E-state index is 0.147. The van der Waals surface area contributed by atoms with Crippen LogP contribution in [0.15, 0.2) is 15.8 Å². The number of nitrogens with one attached hydrogen (secondary N) is 1. The van der Waals surface area contributed by atoms with E-state index in [-0.39, 0.29) is 11.6 Å². The topological polar surface area (TPSA) is 81.2 Å². The minimum atomic E-state index is -0.688. The number of esters is 1. The third kappa shape index (κ3) is 4.07. The second-order valence-electron chi connectivity index (χ2n) is 3.44. The Kier molecular flexibility index (Phi) is 4.96. The zero-order valence-corrected chi connectivity index (χ0v) is 10.1. The van der Waals surface area contributed by atoms with Crippen LogP contribution < -0.4 is 11.2 Å². The van der Waals surface area contributed by atoms with Crippen molar-refractivity contribution in [2.45, 2.75) is 26.3 Å².